The second kappa shape index (κ2) is 9.31. The third-order valence-electron chi connectivity index (χ3n) is 7.74. The molecular formula is C35H29N5. The van der Waals surface area contributed by atoms with Crippen LogP contribution in [0.2, 0.25) is 0 Å². The first-order valence-corrected chi connectivity index (χ1v) is 13.6. The topological polar surface area (TPSA) is 48.5 Å². The molecule has 0 aliphatic heterocycles. The van der Waals surface area contributed by atoms with Crippen molar-refractivity contribution in [2.45, 2.75) is 27.7 Å². The van der Waals surface area contributed by atoms with E-state index in [1.807, 2.05) is 24.4 Å². The summed E-state index contributed by atoms with van der Waals surface area (Å²) in [4.78, 5) is 15.0. The van der Waals surface area contributed by atoms with Crippen LogP contribution in [-0.2, 0) is 0 Å². The van der Waals surface area contributed by atoms with Crippen LogP contribution in [0.4, 0.5) is 0 Å². The van der Waals surface area contributed by atoms with Crippen LogP contribution in [-0.4, -0.2) is 24.1 Å². The fourth-order valence-corrected chi connectivity index (χ4v) is 5.70. The number of benzene rings is 4. The van der Waals surface area contributed by atoms with Crippen molar-refractivity contribution in [2.24, 2.45) is 0 Å². The lowest BCUT2D eigenvalue weighted by atomic mass is 9.98. The van der Waals surface area contributed by atoms with Gasteiger partial charge >= 0.3 is 0 Å². The van der Waals surface area contributed by atoms with Gasteiger partial charge in [-0.1, -0.05) is 48.5 Å². The molecule has 0 saturated heterocycles. The Morgan fingerprint density at radius 1 is 0.500 bits per heavy atom. The lowest BCUT2D eigenvalue weighted by Crippen LogP contribution is -2.04. The summed E-state index contributed by atoms with van der Waals surface area (Å²) in [5.74, 6) is 1.83. The molecule has 0 aliphatic rings. The van der Waals surface area contributed by atoms with Crippen LogP contribution in [0.25, 0.3) is 56.3 Å². The minimum atomic E-state index is 0.856. The second-order valence-corrected chi connectivity index (χ2v) is 10.4. The van der Waals surface area contributed by atoms with Crippen LogP contribution >= 0.6 is 0 Å². The van der Waals surface area contributed by atoms with Gasteiger partial charge in [-0.25, -0.2) is 15.0 Å². The van der Waals surface area contributed by atoms with Crippen LogP contribution in [0.15, 0.2) is 103 Å². The van der Waals surface area contributed by atoms with Gasteiger partial charge in [0.25, 0.3) is 0 Å². The molecule has 0 saturated carbocycles. The average molecular weight is 520 g/mol. The van der Waals surface area contributed by atoms with Gasteiger partial charge in [-0.15, -0.1) is 0 Å². The Hall–Kier alpha value is -5.03. The van der Waals surface area contributed by atoms with Gasteiger partial charge < -0.3 is 0 Å². The van der Waals surface area contributed by atoms with Gasteiger partial charge in [-0.3, -0.25) is 9.13 Å². The van der Waals surface area contributed by atoms with Gasteiger partial charge in [0.05, 0.1) is 22.4 Å². The van der Waals surface area contributed by atoms with Gasteiger partial charge in [0.15, 0.2) is 5.65 Å². The Morgan fingerprint density at radius 2 is 1.02 bits per heavy atom. The molecule has 40 heavy (non-hydrogen) atoms. The van der Waals surface area contributed by atoms with Crippen LogP contribution in [0, 0.1) is 27.7 Å². The van der Waals surface area contributed by atoms with E-state index in [-0.39, 0.29) is 0 Å². The smallest absolute Gasteiger partial charge is 0.164 e. The maximum atomic E-state index is 5.15. The van der Waals surface area contributed by atoms with E-state index in [4.69, 9.17) is 15.0 Å². The predicted molar refractivity (Wildman–Crippen MR) is 163 cm³/mol. The van der Waals surface area contributed by atoms with Crippen LogP contribution in [0.5, 0.6) is 0 Å². The molecule has 0 fully saturated rings. The Balaban J connectivity index is 1.47. The summed E-state index contributed by atoms with van der Waals surface area (Å²) in [5.41, 5.74) is 12.9. The van der Waals surface area contributed by atoms with Crippen molar-refractivity contribution in [1.29, 1.82) is 0 Å². The fraction of sp³-hybridized carbons (Fsp3) is 0.114. The van der Waals surface area contributed by atoms with Crippen molar-refractivity contribution in [3.8, 4) is 34.2 Å². The normalized spacial score (nSPS) is 11.5. The third kappa shape index (κ3) is 3.74. The van der Waals surface area contributed by atoms with E-state index in [9.17, 15) is 0 Å². The monoisotopic (exact) mass is 519 g/mol. The van der Waals surface area contributed by atoms with Crippen molar-refractivity contribution < 1.29 is 0 Å². The summed E-state index contributed by atoms with van der Waals surface area (Å²) in [6.45, 7) is 8.61. The lowest BCUT2D eigenvalue weighted by Gasteiger charge is -2.17. The number of fused-ring (bicyclic) bond motifs is 2. The first kappa shape index (κ1) is 24.0. The van der Waals surface area contributed by atoms with E-state index in [2.05, 4.69) is 116 Å². The van der Waals surface area contributed by atoms with Crippen molar-refractivity contribution >= 4 is 22.2 Å². The standard InChI is InChI=1S/C35H29N5/c1-22-12-5-8-16-30(22)39-32-18-10-7-14-28(32)37-33(39)26-20-25(4)27(21-24(26)3)34-38-29-15-11-19-36-35(29)40(34)31-17-9-6-13-23(31)2/h5-21H,1-4H3. The summed E-state index contributed by atoms with van der Waals surface area (Å²) < 4.78 is 4.48. The Labute approximate surface area is 233 Å². The largest absolute Gasteiger partial charge is 0.292 e. The highest BCUT2D eigenvalue weighted by molar-refractivity contribution is 5.86. The van der Waals surface area contributed by atoms with Crippen molar-refractivity contribution in [3.05, 3.63) is 126 Å². The summed E-state index contributed by atoms with van der Waals surface area (Å²) in [5, 5.41) is 0. The summed E-state index contributed by atoms with van der Waals surface area (Å²) in [7, 11) is 0. The van der Waals surface area contributed by atoms with E-state index in [1.54, 1.807) is 0 Å². The van der Waals surface area contributed by atoms with Crippen LogP contribution in [0.1, 0.15) is 22.3 Å². The molecular weight excluding hydrogens is 490 g/mol. The van der Waals surface area contributed by atoms with Crippen LogP contribution < -0.4 is 0 Å². The van der Waals surface area contributed by atoms with Crippen LogP contribution in [0.3, 0.4) is 0 Å². The fourth-order valence-electron chi connectivity index (χ4n) is 5.70. The molecule has 3 aromatic heterocycles. The molecule has 5 nitrogen and oxygen atoms in total. The minimum absolute atomic E-state index is 0.856. The van der Waals surface area contributed by atoms with Gasteiger partial charge in [0.1, 0.15) is 17.2 Å². The third-order valence-corrected chi connectivity index (χ3v) is 7.74. The molecule has 0 radical (unpaired) electrons. The molecule has 0 atom stereocenters. The summed E-state index contributed by atoms with van der Waals surface area (Å²) in [6.07, 6.45) is 1.83. The number of imidazole rings is 2. The Morgan fingerprint density at radius 3 is 1.70 bits per heavy atom. The Bertz CT molecular complexity index is 1910. The number of nitrogens with zero attached hydrogens (tertiary/aromatic N) is 5. The molecule has 0 aliphatic carbocycles. The van der Waals surface area contributed by atoms with E-state index < -0.39 is 0 Å². The molecule has 3 heterocycles. The number of hydrogen-bond acceptors (Lipinski definition) is 3. The molecule has 0 spiro atoms. The molecule has 7 aromatic rings. The number of rotatable bonds is 4. The van der Waals surface area contributed by atoms with Gasteiger partial charge in [-0.2, -0.15) is 0 Å². The first-order valence-electron chi connectivity index (χ1n) is 13.6. The molecule has 0 bridgehead atoms. The van der Waals surface area contributed by atoms with Crippen molar-refractivity contribution in [2.75, 3.05) is 0 Å². The van der Waals surface area contributed by atoms with E-state index >= 15 is 0 Å². The lowest BCUT2D eigenvalue weighted by molar-refractivity contribution is 1.05. The van der Waals surface area contributed by atoms with Crippen molar-refractivity contribution in [3.63, 3.8) is 0 Å². The molecule has 7 rings (SSSR count). The minimum Gasteiger partial charge on any atom is -0.292 e. The summed E-state index contributed by atoms with van der Waals surface area (Å²) in [6, 6.07) is 33.7. The van der Waals surface area contributed by atoms with Crippen molar-refractivity contribution in [1.82, 2.24) is 24.1 Å². The molecule has 194 valence electrons. The second-order valence-electron chi connectivity index (χ2n) is 10.4. The highest BCUT2D eigenvalue weighted by atomic mass is 15.1. The summed E-state index contributed by atoms with van der Waals surface area (Å²) >= 11 is 0. The average Bonchev–Trinajstić information content (AvgIpc) is 3.53. The quantitative estimate of drug-likeness (QED) is 0.235. The van der Waals surface area contributed by atoms with E-state index in [0.717, 1.165) is 67.5 Å². The zero-order valence-electron chi connectivity index (χ0n) is 23.1. The number of aryl methyl sites for hydroxylation is 4. The number of aromatic nitrogens is 5. The number of pyridine rings is 1. The maximum absolute atomic E-state index is 5.15. The predicted octanol–water partition coefficient (Wildman–Crippen LogP) is 8.33. The zero-order valence-corrected chi connectivity index (χ0v) is 23.1. The molecule has 0 N–H and O–H groups in total. The van der Waals surface area contributed by atoms with Gasteiger partial charge in [0, 0.05) is 17.3 Å². The highest BCUT2D eigenvalue weighted by Crippen LogP contribution is 2.37. The maximum Gasteiger partial charge on any atom is 0.164 e. The molecule has 0 unspecified atom stereocenters. The van der Waals surface area contributed by atoms with Gasteiger partial charge in [-0.05, 0) is 98.5 Å². The number of hydrogen-bond donors (Lipinski definition) is 0. The first-order chi connectivity index (χ1) is 19.5. The zero-order chi connectivity index (χ0) is 27.4. The Kier molecular flexibility index (Phi) is 5.60. The SMILES string of the molecule is Cc1cc(-c2nc3cccnc3n2-c2ccccc2C)c(C)cc1-c1nc2ccccc2n1-c1ccccc1C. The van der Waals surface area contributed by atoms with E-state index in [0.29, 0.717) is 0 Å². The van der Waals surface area contributed by atoms with Gasteiger partial charge in [0.2, 0.25) is 0 Å². The van der Waals surface area contributed by atoms with E-state index in [1.165, 1.54) is 11.1 Å². The number of para-hydroxylation sites is 4. The highest BCUT2D eigenvalue weighted by Gasteiger charge is 2.22. The molecule has 5 heteroatoms. The molecule has 4 aromatic carbocycles. The molecule has 0 amide bonds.